The Labute approximate surface area is 186 Å². The molecule has 0 unspecified atom stereocenters. The average Bonchev–Trinajstić information content (AvgIpc) is 3.17. The number of hydrogen-bond donors (Lipinski definition) is 1. The third-order valence-electron chi connectivity index (χ3n) is 5.97. The van der Waals surface area contributed by atoms with E-state index >= 15 is 0 Å². The Balaban J connectivity index is 1.60. The zero-order valence-corrected chi connectivity index (χ0v) is 19.1. The molecule has 1 saturated heterocycles. The van der Waals surface area contributed by atoms with Gasteiger partial charge in [-0.2, -0.15) is 0 Å². The molecule has 4 rings (SSSR count). The minimum Gasteiger partial charge on any atom is -0.375 e. The highest BCUT2D eigenvalue weighted by Crippen LogP contribution is 2.25. The first-order valence-corrected chi connectivity index (χ1v) is 11.0. The lowest BCUT2D eigenvalue weighted by Crippen LogP contribution is -2.41. The summed E-state index contributed by atoms with van der Waals surface area (Å²) in [6, 6.07) is 8.38. The zero-order valence-electron chi connectivity index (χ0n) is 19.1. The Morgan fingerprint density at radius 2 is 2.00 bits per heavy atom. The molecule has 2 aromatic heterocycles. The number of ether oxygens (including phenoxy) is 1. The van der Waals surface area contributed by atoms with Crippen LogP contribution in [0.15, 0.2) is 29.1 Å². The van der Waals surface area contributed by atoms with Gasteiger partial charge in [0.1, 0.15) is 12.4 Å². The minimum absolute atomic E-state index is 0.0453. The quantitative estimate of drug-likeness (QED) is 0.655. The molecule has 0 aliphatic carbocycles. The van der Waals surface area contributed by atoms with Crippen LogP contribution in [-0.2, 0) is 21.5 Å². The fraction of sp³-hybridized carbons (Fsp3) is 0.522. The topological polar surface area (TPSA) is 106 Å². The summed E-state index contributed by atoms with van der Waals surface area (Å²) >= 11 is 0. The second kappa shape index (κ2) is 8.82. The number of methoxy groups -OCH3 is 1. The van der Waals surface area contributed by atoms with Crippen molar-refractivity contribution >= 4 is 17.1 Å². The Hall–Kier alpha value is -3.07. The number of benzene rings is 1. The highest BCUT2D eigenvalue weighted by molar-refractivity contribution is 5.77. The number of H-pyrrole nitrogens is 1. The van der Waals surface area contributed by atoms with E-state index in [1.807, 2.05) is 0 Å². The molecule has 1 aliphatic heterocycles. The van der Waals surface area contributed by atoms with E-state index in [-0.39, 0.29) is 34.9 Å². The molecule has 32 heavy (non-hydrogen) atoms. The van der Waals surface area contributed by atoms with Crippen LogP contribution < -0.4 is 5.56 Å². The van der Waals surface area contributed by atoms with Crippen molar-refractivity contribution in [1.82, 2.24) is 29.9 Å². The van der Waals surface area contributed by atoms with Crippen LogP contribution in [0.2, 0.25) is 0 Å². The van der Waals surface area contributed by atoms with Crippen LogP contribution in [-0.4, -0.2) is 62.6 Å². The number of piperidine rings is 1. The van der Waals surface area contributed by atoms with Crippen LogP contribution in [0, 0.1) is 0 Å². The van der Waals surface area contributed by atoms with Crippen molar-refractivity contribution in [1.29, 1.82) is 0 Å². The number of amides is 1. The molecule has 1 aromatic carbocycles. The van der Waals surface area contributed by atoms with Crippen LogP contribution in [0.25, 0.3) is 11.2 Å². The molecular formula is C23H30N6O3. The summed E-state index contributed by atoms with van der Waals surface area (Å²) < 4.78 is 6.64. The van der Waals surface area contributed by atoms with E-state index < -0.39 is 0 Å². The second-order valence-electron chi connectivity index (χ2n) is 9.43. The molecule has 9 nitrogen and oxygen atoms in total. The van der Waals surface area contributed by atoms with Crippen molar-refractivity contribution in [2.24, 2.45) is 0 Å². The van der Waals surface area contributed by atoms with Gasteiger partial charge in [0.25, 0.3) is 5.56 Å². The Morgan fingerprint density at radius 3 is 2.69 bits per heavy atom. The molecular weight excluding hydrogens is 408 g/mol. The highest BCUT2D eigenvalue weighted by Gasteiger charge is 2.27. The van der Waals surface area contributed by atoms with Gasteiger partial charge >= 0.3 is 0 Å². The summed E-state index contributed by atoms with van der Waals surface area (Å²) in [5.74, 6) is 0.478. The number of nitrogens with one attached hydrogen (secondary N) is 1. The first-order valence-electron chi connectivity index (χ1n) is 11.0. The maximum absolute atomic E-state index is 12.7. The number of aromatic amines is 1. The number of fused-ring (bicyclic) bond motifs is 1. The highest BCUT2D eigenvalue weighted by atomic mass is 16.5. The number of carbonyl (C=O) groups is 1. The molecule has 1 N–H and O–H groups in total. The third kappa shape index (κ3) is 4.57. The number of aromatic nitrogens is 5. The lowest BCUT2D eigenvalue weighted by molar-refractivity contribution is -0.136. The van der Waals surface area contributed by atoms with Gasteiger partial charge in [-0.05, 0) is 29.4 Å². The fourth-order valence-electron chi connectivity index (χ4n) is 4.11. The van der Waals surface area contributed by atoms with Crippen LogP contribution in [0.3, 0.4) is 0 Å². The van der Waals surface area contributed by atoms with Crippen molar-refractivity contribution in [3.63, 3.8) is 0 Å². The summed E-state index contributed by atoms with van der Waals surface area (Å²) in [6.45, 7) is 8.27. The number of rotatable bonds is 5. The molecule has 1 amide bonds. The minimum atomic E-state index is -0.306. The van der Waals surface area contributed by atoms with Crippen molar-refractivity contribution in [2.75, 3.05) is 26.8 Å². The van der Waals surface area contributed by atoms with Crippen LogP contribution in [0.1, 0.15) is 56.5 Å². The summed E-state index contributed by atoms with van der Waals surface area (Å²) in [5, 5.41) is 8.23. The number of likely N-dealkylation sites (tertiary alicyclic amines) is 1. The fourth-order valence-corrected chi connectivity index (χ4v) is 4.11. The van der Waals surface area contributed by atoms with Crippen LogP contribution in [0.4, 0.5) is 0 Å². The summed E-state index contributed by atoms with van der Waals surface area (Å²) in [6.07, 6.45) is 1.69. The first kappa shape index (κ1) is 22.1. The van der Waals surface area contributed by atoms with E-state index in [1.54, 1.807) is 9.58 Å². The Morgan fingerprint density at radius 1 is 1.25 bits per heavy atom. The van der Waals surface area contributed by atoms with Gasteiger partial charge in [-0.15, -0.1) is 5.10 Å². The maximum Gasteiger partial charge on any atom is 0.281 e. The van der Waals surface area contributed by atoms with Crippen LogP contribution >= 0.6 is 0 Å². The van der Waals surface area contributed by atoms with Gasteiger partial charge in [0.05, 0.1) is 6.54 Å². The van der Waals surface area contributed by atoms with Crippen molar-refractivity contribution in [3.8, 4) is 0 Å². The van der Waals surface area contributed by atoms with E-state index in [2.05, 4.69) is 60.3 Å². The summed E-state index contributed by atoms with van der Waals surface area (Å²) in [5.41, 5.74) is 2.78. The predicted octanol–water partition coefficient (Wildman–Crippen LogP) is 2.21. The Bertz CT molecular complexity index is 1160. The summed E-state index contributed by atoms with van der Waals surface area (Å²) in [4.78, 5) is 34.3. The molecule has 0 radical (unpaired) electrons. The van der Waals surface area contributed by atoms with E-state index in [1.165, 1.54) is 12.7 Å². The lowest BCUT2D eigenvalue weighted by Gasteiger charge is -2.32. The van der Waals surface area contributed by atoms with Gasteiger partial charge in [-0.25, -0.2) is 9.67 Å². The molecule has 0 saturated carbocycles. The standard InChI is InChI=1S/C23H30N6O3/c1-23(2,3)17-9-7-15(8-10-17)12-29-21-19(26-27-29)22(31)25-20(24-21)16-6-5-11-28(13-16)18(30)14-32-4/h7-10,16H,5-6,11-14H2,1-4H3,(H,24,25,31)/t16-/m0/s1. The molecule has 9 heteroatoms. The monoisotopic (exact) mass is 438 g/mol. The largest absolute Gasteiger partial charge is 0.375 e. The van der Waals surface area contributed by atoms with E-state index in [0.717, 1.165) is 18.4 Å². The number of carbonyl (C=O) groups excluding carboxylic acids is 1. The molecule has 3 aromatic rings. The maximum atomic E-state index is 12.7. The van der Waals surface area contributed by atoms with Crippen LogP contribution in [0.5, 0.6) is 0 Å². The predicted molar refractivity (Wildman–Crippen MR) is 121 cm³/mol. The number of hydrogen-bond acceptors (Lipinski definition) is 6. The van der Waals surface area contributed by atoms with Crippen molar-refractivity contribution < 1.29 is 9.53 Å². The van der Waals surface area contributed by atoms with E-state index in [9.17, 15) is 9.59 Å². The van der Waals surface area contributed by atoms with Gasteiger partial charge in [0.2, 0.25) is 5.91 Å². The van der Waals surface area contributed by atoms with Gasteiger partial charge in [0, 0.05) is 26.1 Å². The Kier molecular flexibility index (Phi) is 6.10. The molecule has 1 aliphatic rings. The second-order valence-corrected chi connectivity index (χ2v) is 9.43. The molecule has 0 spiro atoms. The van der Waals surface area contributed by atoms with Crippen molar-refractivity contribution in [2.45, 2.75) is 51.5 Å². The molecule has 0 bridgehead atoms. The molecule has 1 atom stereocenters. The van der Waals surface area contributed by atoms with E-state index in [4.69, 9.17) is 9.72 Å². The number of nitrogens with zero attached hydrogens (tertiary/aromatic N) is 5. The van der Waals surface area contributed by atoms with Gasteiger partial charge in [-0.3, -0.25) is 9.59 Å². The molecule has 170 valence electrons. The summed E-state index contributed by atoms with van der Waals surface area (Å²) in [7, 11) is 1.51. The third-order valence-corrected chi connectivity index (χ3v) is 5.97. The van der Waals surface area contributed by atoms with Gasteiger partial charge in [0.15, 0.2) is 11.2 Å². The zero-order chi connectivity index (χ0) is 22.9. The van der Waals surface area contributed by atoms with E-state index in [0.29, 0.717) is 31.1 Å². The molecule has 3 heterocycles. The first-order chi connectivity index (χ1) is 15.3. The average molecular weight is 439 g/mol. The molecule has 1 fully saturated rings. The normalized spacial score (nSPS) is 17.1. The van der Waals surface area contributed by atoms with Gasteiger partial charge in [-0.1, -0.05) is 50.3 Å². The smallest absolute Gasteiger partial charge is 0.281 e. The van der Waals surface area contributed by atoms with Gasteiger partial charge < -0.3 is 14.6 Å². The lowest BCUT2D eigenvalue weighted by atomic mass is 9.87. The SMILES string of the molecule is COCC(=O)N1CCC[C@H](c2nc3c(nnn3Cc3ccc(C(C)(C)C)cc3)c(=O)[nH]2)C1. The van der Waals surface area contributed by atoms with Crippen molar-refractivity contribution in [3.05, 3.63) is 51.6 Å².